The minimum Gasteiger partial charge on any atom is -0.378 e. The molecule has 0 aromatic heterocycles. The lowest BCUT2D eigenvalue weighted by Crippen LogP contribution is -2.38. The highest BCUT2D eigenvalue weighted by Gasteiger charge is 2.25. The van der Waals surface area contributed by atoms with Crippen LogP contribution in [0.4, 0.5) is 0 Å². The third-order valence-electron chi connectivity index (χ3n) is 4.11. The van der Waals surface area contributed by atoms with Crippen molar-refractivity contribution in [1.29, 1.82) is 0 Å². The molecule has 1 aliphatic rings. The van der Waals surface area contributed by atoms with Crippen LogP contribution in [0.15, 0.2) is 11.2 Å². The number of hydrogen-bond acceptors (Lipinski definition) is 6. The molecule has 3 atom stereocenters. The molecule has 7 heteroatoms. The van der Waals surface area contributed by atoms with Crippen LogP contribution >= 0.6 is 11.8 Å². The van der Waals surface area contributed by atoms with E-state index in [2.05, 4.69) is 31.0 Å². The third-order valence-corrected chi connectivity index (χ3v) is 4.80. The highest BCUT2D eigenvalue weighted by molar-refractivity contribution is 8.02. The summed E-state index contributed by atoms with van der Waals surface area (Å²) in [6.45, 7) is 10.2. The van der Waals surface area contributed by atoms with Crippen LogP contribution in [0.2, 0.25) is 0 Å². The second kappa shape index (κ2) is 10.1. The van der Waals surface area contributed by atoms with Gasteiger partial charge >= 0.3 is 0 Å². The molecule has 3 unspecified atom stereocenters. The van der Waals surface area contributed by atoms with Crippen LogP contribution in [0.5, 0.6) is 0 Å². The molecule has 0 saturated carbocycles. The van der Waals surface area contributed by atoms with E-state index in [0.29, 0.717) is 23.1 Å². The van der Waals surface area contributed by atoms with E-state index in [1.807, 2.05) is 6.26 Å². The first kappa shape index (κ1) is 19.3. The van der Waals surface area contributed by atoms with Gasteiger partial charge in [-0.3, -0.25) is 10.1 Å². The van der Waals surface area contributed by atoms with Crippen molar-refractivity contribution in [2.45, 2.75) is 45.8 Å². The fraction of sp³-hybridized carbons (Fsp3) is 0.867. The van der Waals surface area contributed by atoms with E-state index in [-0.39, 0.29) is 0 Å². The predicted octanol–water partition coefficient (Wildman–Crippen LogP) is 2.54. The van der Waals surface area contributed by atoms with E-state index in [1.165, 1.54) is 11.8 Å². The largest absolute Gasteiger partial charge is 0.378 e. The second-order valence-corrected chi connectivity index (χ2v) is 6.73. The van der Waals surface area contributed by atoms with E-state index in [4.69, 9.17) is 4.74 Å². The van der Waals surface area contributed by atoms with Gasteiger partial charge in [-0.1, -0.05) is 6.92 Å². The van der Waals surface area contributed by atoms with Gasteiger partial charge in [-0.15, -0.1) is 11.8 Å². The molecule has 0 spiro atoms. The zero-order valence-corrected chi connectivity index (χ0v) is 14.9. The summed E-state index contributed by atoms with van der Waals surface area (Å²) in [4.78, 5) is 12.6. The molecule has 1 aliphatic heterocycles. The molecule has 1 heterocycles. The fourth-order valence-electron chi connectivity index (χ4n) is 2.84. The Morgan fingerprint density at radius 2 is 2.36 bits per heavy atom. The van der Waals surface area contributed by atoms with Crippen molar-refractivity contribution in [1.82, 2.24) is 10.2 Å². The first-order chi connectivity index (χ1) is 10.5. The minimum atomic E-state index is -0.415. The fourth-order valence-corrected chi connectivity index (χ4v) is 3.28. The van der Waals surface area contributed by atoms with Crippen molar-refractivity contribution >= 4 is 11.8 Å². The lowest BCUT2D eigenvalue weighted by atomic mass is 10.0. The average molecular weight is 331 g/mol. The van der Waals surface area contributed by atoms with Crippen molar-refractivity contribution in [3.63, 3.8) is 0 Å². The van der Waals surface area contributed by atoms with Crippen LogP contribution in [-0.4, -0.2) is 54.5 Å². The van der Waals surface area contributed by atoms with E-state index in [9.17, 15) is 10.1 Å². The summed E-state index contributed by atoms with van der Waals surface area (Å²) in [5.41, 5.74) is 0. The number of nitro groups is 1. The lowest BCUT2D eigenvalue weighted by molar-refractivity contribution is -0.403. The molecule has 22 heavy (non-hydrogen) atoms. The monoisotopic (exact) mass is 331 g/mol. The van der Waals surface area contributed by atoms with Crippen molar-refractivity contribution in [3.05, 3.63) is 21.3 Å². The van der Waals surface area contributed by atoms with Crippen LogP contribution in [-0.2, 0) is 4.74 Å². The molecule has 0 aromatic rings. The van der Waals surface area contributed by atoms with Gasteiger partial charge in [0.15, 0.2) is 0 Å². The number of rotatable bonds is 10. The van der Waals surface area contributed by atoms with Crippen LogP contribution in [0.1, 0.15) is 33.6 Å². The standard InChI is InChI=1S/C15H29N3O3S/c1-5-17(9-14-8-13(3)21-11-14)12(2)6-7-16-15(22-4)10-18(19)20/h10,12-14,16H,5-9,11H2,1-4H3. The number of nitrogens with zero attached hydrogens (tertiary/aromatic N) is 2. The van der Waals surface area contributed by atoms with Gasteiger partial charge < -0.3 is 15.0 Å². The zero-order chi connectivity index (χ0) is 16.5. The Bertz CT molecular complexity index is 379. The smallest absolute Gasteiger partial charge is 0.263 e. The third kappa shape index (κ3) is 6.98. The molecule has 0 aliphatic carbocycles. The topological polar surface area (TPSA) is 67.6 Å². The van der Waals surface area contributed by atoms with E-state index in [1.54, 1.807) is 0 Å². The Hall–Kier alpha value is -0.790. The molecule has 0 amide bonds. The summed E-state index contributed by atoms with van der Waals surface area (Å²) in [6.07, 6.45) is 5.36. The molecule has 0 radical (unpaired) electrons. The Kier molecular flexibility index (Phi) is 8.82. The Morgan fingerprint density at radius 1 is 1.64 bits per heavy atom. The number of thioether (sulfide) groups is 1. The van der Waals surface area contributed by atoms with Gasteiger partial charge in [0, 0.05) is 19.1 Å². The number of ether oxygens (including phenoxy) is 1. The van der Waals surface area contributed by atoms with Gasteiger partial charge in [0.1, 0.15) is 5.03 Å². The number of nitrogens with one attached hydrogen (secondary N) is 1. The zero-order valence-electron chi connectivity index (χ0n) is 14.1. The molecular weight excluding hydrogens is 302 g/mol. The second-order valence-electron chi connectivity index (χ2n) is 5.88. The maximum atomic E-state index is 10.5. The first-order valence-electron chi connectivity index (χ1n) is 7.95. The maximum absolute atomic E-state index is 10.5. The maximum Gasteiger partial charge on any atom is 0.263 e. The van der Waals surface area contributed by atoms with E-state index < -0.39 is 4.92 Å². The van der Waals surface area contributed by atoms with Gasteiger partial charge in [0.05, 0.1) is 17.6 Å². The highest BCUT2D eigenvalue weighted by atomic mass is 32.2. The molecule has 6 nitrogen and oxygen atoms in total. The van der Waals surface area contributed by atoms with Crippen LogP contribution in [0, 0.1) is 16.0 Å². The normalized spacial score (nSPS) is 23.8. The summed E-state index contributed by atoms with van der Waals surface area (Å²) in [5.74, 6) is 0.626. The van der Waals surface area contributed by atoms with Crippen molar-refractivity contribution in [2.75, 3.05) is 32.5 Å². The van der Waals surface area contributed by atoms with Gasteiger partial charge in [0.25, 0.3) is 6.20 Å². The van der Waals surface area contributed by atoms with Crippen LogP contribution < -0.4 is 5.32 Å². The number of hydrogen-bond donors (Lipinski definition) is 1. The molecule has 1 fully saturated rings. The molecule has 1 saturated heterocycles. The highest BCUT2D eigenvalue weighted by Crippen LogP contribution is 2.21. The van der Waals surface area contributed by atoms with Crippen LogP contribution in [0.25, 0.3) is 0 Å². The minimum absolute atomic E-state index is 0.386. The Labute approximate surface area is 137 Å². The van der Waals surface area contributed by atoms with Crippen LogP contribution in [0.3, 0.4) is 0 Å². The summed E-state index contributed by atoms with van der Waals surface area (Å²) in [6, 6.07) is 0.451. The SMILES string of the molecule is CCN(CC1COC(C)C1)C(C)CCNC(=C[N+](=O)[O-])SC. The lowest BCUT2D eigenvalue weighted by Gasteiger charge is -2.30. The van der Waals surface area contributed by atoms with E-state index >= 15 is 0 Å². The molecule has 1 N–H and O–H groups in total. The summed E-state index contributed by atoms with van der Waals surface area (Å²) < 4.78 is 5.64. The van der Waals surface area contributed by atoms with Gasteiger partial charge in [0.2, 0.25) is 0 Å². The van der Waals surface area contributed by atoms with Crippen molar-refractivity contribution < 1.29 is 9.66 Å². The first-order valence-corrected chi connectivity index (χ1v) is 9.17. The van der Waals surface area contributed by atoms with Crippen molar-refractivity contribution in [2.24, 2.45) is 5.92 Å². The Morgan fingerprint density at radius 3 is 2.86 bits per heavy atom. The molecule has 0 bridgehead atoms. The molecule has 0 aromatic carbocycles. The molecular formula is C15H29N3O3S. The average Bonchev–Trinajstić information content (AvgIpc) is 2.88. The van der Waals surface area contributed by atoms with Gasteiger partial charge in [-0.2, -0.15) is 0 Å². The molecule has 1 rings (SSSR count). The summed E-state index contributed by atoms with van der Waals surface area (Å²) in [5, 5.41) is 14.2. The van der Waals surface area contributed by atoms with Crippen molar-refractivity contribution in [3.8, 4) is 0 Å². The van der Waals surface area contributed by atoms with E-state index in [0.717, 1.165) is 45.3 Å². The predicted molar refractivity (Wildman–Crippen MR) is 91.4 cm³/mol. The van der Waals surface area contributed by atoms with Gasteiger partial charge in [-0.25, -0.2) is 0 Å². The summed E-state index contributed by atoms with van der Waals surface area (Å²) >= 11 is 1.37. The quantitative estimate of drug-likeness (QED) is 0.490. The Balaban J connectivity index is 2.35. The molecule has 128 valence electrons. The van der Waals surface area contributed by atoms with Gasteiger partial charge in [-0.05, 0) is 45.4 Å². The summed E-state index contributed by atoms with van der Waals surface area (Å²) in [7, 11) is 0.